The molecule has 3 rings (SSSR count). The molecule has 0 aliphatic heterocycles. The number of rotatable bonds is 6. The SMILES string of the molecule is CCOc1ccc(C(O)c2cc(C(O)c3cc(Br)ccc3Cl)ccc2Cl)cc1. The first-order chi connectivity index (χ1) is 13.4. The lowest BCUT2D eigenvalue weighted by Gasteiger charge is -2.18. The Bertz CT molecular complexity index is 960. The summed E-state index contributed by atoms with van der Waals surface area (Å²) in [5.41, 5.74) is 2.34. The normalized spacial score (nSPS) is 13.2. The molecule has 0 saturated heterocycles. The van der Waals surface area contributed by atoms with E-state index in [9.17, 15) is 10.2 Å². The van der Waals surface area contributed by atoms with Crippen LogP contribution in [0.2, 0.25) is 10.0 Å². The Morgan fingerprint density at radius 3 is 2.00 bits per heavy atom. The van der Waals surface area contributed by atoms with E-state index in [4.69, 9.17) is 27.9 Å². The number of halogens is 3. The molecule has 3 aromatic rings. The van der Waals surface area contributed by atoms with E-state index in [0.717, 1.165) is 10.2 Å². The Morgan fingerprint density at radius 2 is 1.36 bits per heavy atom. The van der Waals surface area contributed by atoms with E-state index in [-0.39, 0.29) is 0 Å². The van der Waals surface area contributed by atoms with Crippen molar-refractivity contribution in [2.24, 2.45) is 0 Å². The Morgan fingerprint density at radius 1 is 0.821 bits per heavy atom. The molecule has 6 heteroatoms. The summed E-state index contributed by atoms with van der Waals surface area (Å²) < 4.78 is 6.25. The van der Waals surface area contributed by atoms with Crippen molar-refractivity contribution in [1.29, 1.82) is 0 Å². The van der Waals surface area contributed by atoms with Gasteiger partial charge in [0.1, 0.15) is 18.0 Å². The van der Waals surface area contributed by atoms with Crippen LogP contribution >= 0.6 is 39.1 Å². The van der Waals surface area contributed by atoms with Crippen LogP contribution in [-0.4, -0.2) is 16.8 Å². The number of aliphatic hydroxyl groups excluding tert-OH is 2. The van der Waals surface area contributed by atoms with Crippen molar-refractivity contribution >= 4 is 39.1 Å². The molecule has 2 N–H and O–H groups in total. The summed E-state index contributed by atoms with van der Waals surface area (Å²) in [5.74, 6) is 0.734. The zero-order valence-corrected chi connectivity index (χ0v) is 18.2. The molecule has 0 heterocycles. The average Bonchev–Trinajstić information content (AvgIpc) is 2.70. The van der Waals surface area contributed by atoms with Crippen molar-refractivity contribution in [1.82, 2.24) is 0 Å². The second-order valence-corrected chi connectivity index (χ2v) is 7.98. The molecule has 0 radical (unpaired) electrons. The van der Waals surface area contributed by atoms with Gasteiger partial charge in [0, 0.05) is 25.6 Å². The minimum atomic E-state index is -0.950. The molecule has 0 aliphatic rings. The van der Waals surface area contributed by atoms with Gasteiger partial charge in [-0.2, -0.15) is 0 Å². The van der Waals surface area contributed by atoms with Crippen molar-refractivity contribution in [3.63, 3.8) is 0 Å². The van der Waals surface area contributed by atoms with Crippen molar-refractivity contribution in [2.75, 3.05) is 6.61 Å². The van der Waals surface area contributed by atoms with Gasteiger partial charge in [-0.3, -0.25) is 0 Å². The van der Waals surface area contributed by atoms with E-state index in [1.807, 2.05) is 13.0 Å². The van der Waals surface area contributed by atoms with Gasteiger partial charge in [-0.15, -0.1) is 0 Å². The van der Waals surface area contributed by atoms with E-state index in [1.54, 1.807) is 54.6 Å². The van der Waals surface area contributed by atoms with Gasteiger partial charge < -0.3 is 14.9 Å². The van der Waals surface area contributed by atoms with Crippen molar-refractivity contribution in [3.8, 4) is 5.75 Å². The van der Waals surface area contributed by atoms with Crippen LogP contribution in [0.3, 0.4) is 0 Å². The molecule has 3 aromatic carbocycles. The summed E-state index contributed by atoms with van der Waals surface area (Å²) in [6.07, 6.45) is -1.89. The molecule has 2 atom stereocenters. The zero-order valence-electron chi connectivity index (χ0n) is 15.1. The highest BCUT2D eigenvalue weighted by Gasteiger charge is 2.19. The monoisotopic (exact) mass is 480 g/mol. The highest BCUT2D eigenvalue weighted by molar-refractivity contribution is 9.10. The fraction of sp³-hybridized carbons (Fsp3) is 0.182. The highest BCUT2D eigenvalue weighted by Crippen LogP contribution is 2.35. The van der Waals surface area contributed by atoms with Crippen molar-refractivity contribution < 1.29 is 14.9 Å². The second-order valence-electron chi connectivity index (χ2n) is 6.25. The third-order valence-corrected chi connectivity index (χ3v) is 5.57. The predicted octanol–water partition coefficient (Wildman–Crippen LogP) is 6.32. The lowest BCUT2D eigenvalue weighted by molar-refractivity contribution is 0.213. The second kappa shape index (κ2) is 9.29. The third kappa shape index (κ3) is 4.70. The van der Waals surface area contributed by atoms with Gasteiger partial charge in [0.2, 0.25) is 0 Å². The highest BCUT2D eigenvalue weighted by atomic mass is 79.9. The minimum absolute atomic E-state index is 0.415. The number of hydrogen-bond donors (Lipinski definition) is 2. The topological polar surface area (TPSA) is 49.7 Å². The van der Waals surface area contributed by atoms with Gasteiger partial charge in [0.05, 0.1) is 6.61 Å². The van der Waals surface area contributed by atoms with Crippen LogP contribution in [-0.2, 0) is 0 Å². The molecule has 0 saturated carbocycles. The van der Waals surface area contributed by atoms with E-state index in [0.29, 0.717) is 38.9 Å². The fourth-order valence-electron chi connectivity index (χ4n) is 2.94. The molecule has 28 heavy (non-hydrogen) atoms. The lowest BCUT2D eigenvalue weighted by Crippen LogP contribution is -2.05. The van der Waals surface area contributed by atoms with Crippen LogP contribution in [0.15, 0.2) is 65.1 Å². The summed E-state index contributed by atoms with van der Waals surface area (Å²) in [6, 6.07) is 17.6. The summed E-state index contributed by atoms with van der Waals surface area (Å²) in [5, 5.41) is 22.5. The molecule has 0 bridgehead atoms. The van der Waals surface area contributed by atoms with Gasteiger partial charge in [0.25, 0.3) is 0 Å². The van der Waals surface area contributed by atoms with E-state index < -0.39 is 12.2 Å². The van der Waals surface area contributed by atoms with Crippen LogP contribution in [0.1, 0.15) is 41.4 Å². The molecule has 0 fully saturated rings. The average molecular weight is 482 g/mol. The third-order valence-electron chi connectivity index (χ3n) is 4.39. The maximum Gasteiger partial charge on any atom is 0.119 e. The molecular weight excluding hydrogens is 463 g/mol. The van der Waals surface area contributed by atoms with Crippen LogP contribution in [0.5, 0.6) is 5.75 Å². The number of ether oxygens (including phenoxy) is 1. The number of hydrogen-bond acceptors (Lipinski definition) is 3. The number of benzene rings is 3. The van der Waals surface area contributed by atoms with Gasteiger partial charge in [-0.1, -0.05) is 57.3 Å². The van der Waals surface area contributed by atoms with Gasteiger partial charge in [0.15, 0.2) is 0 Å². The quantitative estimate of drug-likeness (QED) is 0.433. The van der Waals surface area contributed by atoms with Gasteiger partial charge in [-0.05, 0) is 60.5 Å². The number of aliphatic hydroxyl groups is 2. The Hall–Kier alpha value is -1.56. The van der Waals surface area contributed by atoms with E-state index in [2.05, 4.69) is 15.9 Å². The fourth-order valence-corrected chi connectivity index (χ4v) is 3.76. The standard InChI is InChI=1S/C22H19BrCl2O3/c1-2-28-16-7-3-13(4-8-16)21(26)17-11-14(5-9-19(17)24)22(27)18-12-15(23)6-10-20(18)25/h3-12,21-22,26-27H,2H2,1H3. The maximum absolute atomic E-state index is 10.8. The summed E-state index contributed by atoms with van der Waals surface area (Å²) in [7, 11) is 0. The summed E-state index contributed by atoms with van der Waals surface area (Å²) in [6.45, 7) is 2.49. The molecule has 3 nitrogen and oxygen atoms in total. The first kappa shape index (κ1) is 21.2. The van der Waals surface area contributed by atoms with Gasteiger partial charge in [-0.25, -0.2) is 0 Å². The molecule has 0 amide bonds. The predicted molar refractivity (Wildman–Crippen MR) is 116 cm³/mol. The zero-order chi connectivity index (χ0) is 20.3. The van der Waals surface area contributed by atoms with E-state index >= 15 is 0 Å². The molecular formula is C22H19BrCl2O3. The van der Waals surface area contributed by atoms with Crippen molar-refractivity contribution in [2.45, 2.75) is 19.1 Å². The first-order valence-electron chi connectivity index (χ1n) is 8.74. The van der Waals surface area contributed by atoms with Crippen LogP contribution in [0, 0.1) is 0 Å². The largest absolute Gasteiger partial charge is 0.494 e. The summed E-state index contributed by atoms with van der Waals surface area (Å²) >= 11 is 16.0. The van der Waals surface area contributed by atoms with Crippen LogP contribution < -0.4 is 4.74 Å². The molecule has 0 aromatic heterocycles. The minimum Gasteiger partial charge on any atom is -0.494 e. The molecule has 146 valence electrons. The molecule has 0 aliphatic carbocycles. The van der Waals surface area contributed by atoms with Gasteiger partial charge >= 0.3 is 0 Å². The maximum atomic E-state index is 10.8. The summed E-state index contributed by atoms with van der Waals surface area (Å²) in [4.78, 5) is 0. The van der Waals surface area contributed by atoms with Crippen LogP contribution in [0.4, 0.5) is 0 Å². The Balaban J connectivity index is 1.93. The Kier molecular flexibility index (Phi) is 7.02. The smallest absolute Gasteiger partial charge is 0.119 e. The first-order valence-corrected chi connectivity index (χ1v) is 10.3. The Labute approximate surface area is 182 Å². The molecule has 2 unspecified atom stereocenters. The lowest BCUT2D eigenvalue weighted by atomic mass is 9.95. The molecule has 0 spiro atoms. The van der Waals surface area contributed by atoms with E-state index in [1.165, 1.54) is 0 Å². The van der Waals surface area contributed by atoms with Crippen LogP contribution in [0.25, 0.3) is 0 Å². The van der Waals surface area contributed by atoms with Crippen molar-refractivity contribution in [3.05, 3.63) is 97.4 Å².